The Bertz CT molecular complexity index is 1360. The summed E-state index contributed by atoms with van der Waals surface area (Å²) < 4.78 is 8.02. The first kappa shape index (κ1) is 20.4. The smallest absolute Gasteiger partial charge is 0.351 e. The summed E-state index contributed by atoms with van der Waals surface area (Å²) in [5, 5.41) is 7.32. The minimum atomic E-state index is -0.374. The van der Waals surface area contributed by atoms with Gasteiger partial charge < -0.3 is 15.0 Å². The summed E-state index contributed by atoms with van der Waals surface area (Å²) in [7, 11) is 1.54. The van der Waals surface area contributed by atoms with Crippen LogP contribution in [0.2, 0.25) is 0 Å². The summed E-state index contributed by atoms with van der Waals surface area (Å²) in [4.78, 5) is 33.0. The number of para-hydroxylation sites is 4. The highest BCUT2D eigenvalue weighted by Gasteiger charge is 2.22. The van der Waals surface area contributed by atoms with E-state index in [-0.39, 0.29) is 18.1 Å². The summed E-state index contributed by atoms with van der Waals surface area (Å²) in [6.45, 7) is 1.45. The molecule has 10 heteroatoms. The summed E-state index contributed by atoms with van der Waals surface area (Å²) in [6.07, 6.45) is 0. The second kappa shape index (κ2) is 8.54. The van der Waals surface area contributed by atoms with Gasteiger partial charge in [0.25, 0.3) is 0 Å². The van der Waals surface area contributed by atoms with Gasteiger partial charge in [-0.1, -0.05) is 24.3 Å². The summed E-state index contributed by atoms with van der Waals surface area (Å²) in [6, 6.07) is 14.6. The van der Waals surface area contributed by atoms with Crippen LogP contribution in [0.15, 0.2) is 53.3 Å². The van der Waals surface area contributed by atoms with E-state index in [9.17, 15) is 9.59 Å². The molecular weight excluding hydrogens is 428 g/mol. The van der Waals surface area contributed by atoms with Gasteiger partial charge in [-0.2, -0.15) is 11.8 Å². The fourth-order valence-corrected chi connectivity index (χ4v) is 4.75. The van der Waals surface area contributed by atoms with Crippen LogP contribution in [0.1, 0.15) is 0 Å². The number of anilines is 2. The van der Waals surface area contributed by atoms with Crippen LogP contribution in [0.25, 0.3) is 16.7 Å². The normalized spacial score (nSPS) is 14.1. The van der Waals surface area contributed by atoms with E-state index in [0.717, 1.165) is 24.6 Å². The fraction of sp³-hybridized carbons (Fsp3) is 0.273. The van der Waals surface area contributed by atoms with Gasteiger partial charge in [0.1, 0.15) is 12.3 Å². The number of rotatable bonds is 5. The number of methoxy groups -OCH3 is 1. The van der Waals surface area contributed by atoms with Crippen molar-refractivity contribution in [3.8, 4) is 5.75 Å². The van der Waals surface area contributed by atoms with Gasteiger partial charge in [0.15, 0.2) is 5.82 Å². The number of benzene rings is 2. The van der Waals surface area contributed by atoms with Crippen molar-refractivity contribution in [1.29, 1.82) is 0 Å². The third-order valence-electron chi connectivity index (χ3n) is 5.37. The molecule has 1 fully saturated rings. The molecule has 0 radical (unpaired) electrons. The van der Waals surface area contributed by atoms with Crippen molar-refractivity contribution < 1.29 is 9.53 Å². The van der Waals surface area contributed by atoms with Crippen molar-refractivity contribution >= 4 is 45.9 Å². The summed E-state index contributed by atoms with van der Waals surface area (Å²) in [5.74, 6) is 2.83. The molecule has 0 atom stereocenters. The van der Waals surface area contributed by atoms with Crippen molar-refractivity contribution in [2.45, 2.75) is 6.54 Å². The van der Waals surface area contributed by atoms with E-state index in [1.54, 1.807) is 22.6 Å². The van der Waals surface area contributed by atoms with Crippen molar-refractivity contribution in [2.75, 3.05) is 41.9 Å². The van der Waals surface area contributed by atoms with E-state index < -0.39 is 0 Å². The van der Waals surface area contributed by atoms with Gasteiger partial charge in [-0.15, -0.1) is 5.10 Å². The van der Waals surface area contributed by atoms with Crippen LogP contribution in [0.4, 0.5) is 11.5 Å². The average Bonchev–Trinajstić information content (AvgIpc) is 3.15. The summed E-state index contributed by atoms with van der Waals surface area (Å²) >= 11 is 1.90. The number of hydrogen-bond donors (Lipinski definition) is 1. The maximum absolute atomic E-state index is 13.3. The Kier molecular flexibility index (Phi) is 5.44. The van der Waals surface area contributed by atoms with Crippen molar-refractivity contribution in [3.63, 3.8) is 0 Å². The number of amides is 1. The maximum Gasteiger partial charge on any atom is 0.351 e. The highest BCUT2D eigenvalue weighted by Crippen LogP contribution is 2.25. The van der Waals surface area contributed by atoms with E-state index in [4.69, 9.17) is 9.72 Å². The van der Waals surface area contributed by atoms with E-state index in [1.807, 2.05) is 42.1 Å². The molecule has 1 amide bonds. The van der Waals surface area contributed by atoms with Gasteiger partial charge in [-0.05, 0) is 24.3 Å². The Morgan fingerprint density at radius 1 is 1.12 bits per heavy atom. The quantitative estimate of drug-likeness (QED) is 0.498. The van der Waals surface area contributed by atoms with Crippen LogP contribution in [0.5, 0.6) is 5.75 Å². The lowest BCUT2D eigenvalue weighted by Crippen LogP contribution is -2.33. The minimum absolute atomic E-state index is 0.220. The third-order valence-corrected chi connectivity index (χ3v) is 6.32. The molecule has 1 aliphatic rings. The highest BCUT2D eigenvalue weighted by molar-refractivity contribution is 7.99. The van der Waals surface area contributed by atoms with Crippen LogP contribution >= 0.6 is 11.8 Å². The number of aromatic nitrogens is 4. The standard InChI is InChI=1S/C22H22N6O3S/c1-31-18-9-5-3-7-16(18)23-19(29)14-27-22(30)28-17-8-4-2-6-15(17)24-20(21(28)25-27)26-10-12-32-13-11-26/h2-9H,10-14H2,1H3,(H,23,29). The van der Waals surface area contributed by atoms with Crippen molar-refractivity contribution in [1.82, 2.24) is 19.2 Å². The zero-order valence-corrected chi connectivity index (χ0v) is 18.3. The lowest BCUT2D eigenvalue weighted by atomic mass is 10.3. The number of fused-ring (bicyclic) bond motifs is 3. The molecule has 3 heterocycles. The lowest BCUT2D eigenvalue weighted by Gasteiger charge is -2.27. The summed E-state index contributed by atoms with van der Waals surface area (Å²) in [5.41, 5.74) is 2.01. The van der Waals surface area contributed by atoms with Crippen LogP contribution in [0.3, 0.4) is 0 Å². The van der Waals surface area contributed by atoms with Crippen LogP contribution < -0.4 is 20.6 Å². The van der Waals surface area contributed by atoms with Gasteiger partial charge in [0.05, 0.1) is 23.8 Å². The molecule has 1 saturated heterocycles. The number of carbonyl (C=O) groups is 1. The minimum Gasteiger partial charge on any atom is -0.495 e. The fourth-order valence-electron chi connectivity index (χ4n) is 3.85. The Morgan fingerprint density at radius 3 is 2.69 bits per heavy atom. The van der Waals surface area contributed by atoms with Crippen LogP contribution in [-0.4, -0.2) is 56.8 Å². The largest absolute Gasteiger partial charge is 0.495 e. The molecule has 1 aliphatic heterocycles. The molecular formula is C22H22N6O3S. The Morgan fingerprint density at radius 2 is 1.88 bits per heavy atom. The van der Waals surface area contributed by atoms with E-state index in [2.05, 4.69) is 15.3 Å². The zero-order chi connectivity index (χ0) is 22.1. The van der Waals surface area contributed by atoms with Crippen LogP contribution in [-0.2, 0) is 11.3 Å². The second-order valence-corrected chi connectivity index (χ2v) is 8.60. The number of carbonyl (C=O) groups excluding carboxylic acids is 1. The molecule has 1 N–H and O–H groups in total. The Labute approximate surface area is 188 Å². The molecule has 32 heavy (non-hydrogen) atoms. The van der Waals surface area contributed by atoms with Crippen molar-refractivity contribution in [3.05, 3.63) is 59.0 Å². The molecule has 0 saturated carbocycles. The Hall–Kier alpha value is -3.53. The molecule has 0 aliphatic carbocycles. The number of ether oxygens (including phenoxy) is 1. The molecule has 2 aromatic heterocycles. The SMILES string of the molecule is COc1ccccc1NC(=O)Cn1nc2c(N3CCSCC3)nc3ccccc3n2c1=O. The molecule has 4 aromatic rings. The predicted octanol–water partition coefficient (Wildman–Crippen LogP) is 2.24. The van der Waals surface area contributed by atoms with Crippen LogP contribution in [0, 0.1) is 0 Å². The Balaban J connectivity index is 1.55. The molecule has 0 bridgehead atoms. The monoisotopic (exact) mass is 450 g/mol. The first-order chi connectivity index (χ1) is 15.7. The van der Waals surface area contributed by atoms with E-state index in [0.29, 0.717) is 33.9 Å². The van der Waals surface area contributed by atoms with Crippen molar-refractivity contribution in [2.24, 2.45) is 0 Å². The first-order valence-electron chi connectivity index (χ1n) is 10.3. The average molecular weight is 451 g/mol. The lowest BCUT2D eigenvalue weighted by molar-refractivity contribution is -0.117. The topological polar surface area (TPSA) is 93.8 Å². The molecule has 5 rings (SSSR count). The maximum atomic E-state index is 13.3. The molecule has 164 valence electrons. The molecule has 9 nitrogen and oxygen atoms in total. The molecule has 0 unspecified atom stereocenters. The third kappa shape index (κ3) is 3.66. The zero-order valence-electron chi connectivity index (χ0n) is 17.5. The highest BCUT2D eigenvalue weighted by atomic mass is 32.2. The first-order valence-corrected chi connectivity index (χ1v) is 11.4. The van der Waals surface area contributed by atoms with Gasteiger partial charge in [0.2, 0.25) is 11.6 Å². The van der Waals surface area contributed by atoms with Gasteiger partial charge in [0, 0.05) is 24.6 Å². The number of nitrogens with one attached hydrogen (secondary N) is 1. The molecule has 0 spiro atoms. The van der Waals surface area contributed by atoms with E-state index in [1.165, 1.54) is 11.8 Å². The van der Waals surface area contributed by atoms with Gasteiger partial charge >= 0.3 is 5.69 Å². The van der Waals surface area contributed by atoms with Gasteiger partial charge in [-0.25, -0.2) is 18.9 Å². The number of hydrogen-bond acceptors (Lipinski definition) is 7. The van der Waals surface area contributed by atoms with Gasteiger partial charge in [-0.3, -0.25) is 4.79 Å². The number of nitrogens with zero attached hydrogens (tertiary/aromatic N) is 5. The molecule has 2 aromatic carbocycles. The second-order valence-electron chi connectivity index (χ2n) is 7.37. The predicted molar refractivity (Wildman–Crippen MR) is 126 cm³/mol. The number of thioether (sulfide) groups is 1. The van der Waals surface area contributed by atoms with E-state index >= 15 is 0 Å².